The van der Waals surface area contributed by atoms with Gasteiger partial charge in [-0.15, -0.1) is 0 Å². The van der Waals surface area contributed by atoms with Crippen molar-refractivity contribution in [3.63, 3.8) is 0 Å². The van der Waals surface area contributed by atoms with E-state index in [0.717, 1.165) is 102 Å². The summed E-state index contributed by atoms with van der Waals surface area (Å²) in [6, 6.07) is 4.33. The van der Waals surface area contributed by atoms with Crippen LogP contribution < -0.4 is 4.90 Å². The Labute approximate surface area is 219 Å². The number of carbonyl (C=O) groups is 1. The number of anilines is 1. The summed E-state index contributed by atoms with van der Waals surface area (Å²) in [7, 11) is 0. The van der Waals surface area contributed by atoms with Crippen molar-refractivity contribution >= 4 is 11.6 Å². The van der Waals surface area contributed by atoms with Crippen LogP contribution in [0.1, 0.15) is 68.9 Å². The Morgan fingerprint density at radius 1 is 0.946 bits per heavy atom. The van der Waals surface area contributed by atoms with Crippen molar-refractivity contribution in [2.75, 3.05) is 63.9 Å². The van der Waals surface area contributed by atoms with Crippen molar-refractivity contribution < 1.29 is 22.7 Å². The summed E-state index contributed by atoms with van der Waals surface area (Å²) in [5, 5.41) is 0. The van der Waals surface area contributed by atoms with Crippen molar-refractivity contribution in [3.05, 3.63) is 29.3 Å². The number of hydrogen-bond acceptors (Lipinski definition) is 4. The molecule has 0 aromatic heterocycles. The van der Waals surface area contributed by atoms with Crippen molar-refractivity contribution in [2.45, 2.75) is 64.0 Å². The molecule has 1 aromatic rings. The number of halogens is 3. The second kappa shape index (κ2) is 11.5. The van der Waals surface area contributed by atoms with E-state index in [9.17, 15) is 18.0 Å². The number of benzene rings is 1. The lowest BCUT2D eigenvalue weighted by atomic mass is 9.86. The van der Waals surface area contributed by atoms with E-state index in [0.29, 0.717) is 24.9 Å². The van der Waals surface area contributed by atoms with Crippen LogP contribution in [-0.2, 0) is 15.7 Å². The fourth-order valence-corrected chi connectivity index (χ4v) is 6.75. The normalized spacial score (nSPS) is 25.7. The molecule has 4 aliphatic rings. The van der Waals surface area contributed by atoms with Gasteiger partial charge in [0.25, 0.3) is 0 Å². The highest BCUT2D eigenvalue weighted by atomic mass is 19.4. The maximum Gasteiger partial charge on any atom is 0.416 e. The van der Waals surface area contributed by atoms with Gasteiger partial charge in [-0.05, 0) is 86.9 Å². The summed E-state index contributed by atoms with van der Waals surface area (Å²) in [6.45, 7) is 9.83. The molecule has 4 saturated heterocycles. The molecule has 0 saturated carbocycles. The molecule has 1 aromatic carbocycles. The van der Waals surface area contributed by atoms with Gasteiger partial charge in [0, 0.05) is 58.2 Å². The molecule has 0 radical (unpaired) electrons. The van der Waals surface area contributed by atoms with Gasteiger partial charge in [0.15, 0.2) is 0 Å². The minimum atomic E-state index is -4.34. The van der Waals surface area contributed by atoms with Crippen LogP contribution in [0.3, 0.4) is 0 Å². The first-order chi connectivity index (χ1) is 17.8. The van der Waals surface area contributed by atoms with Gasteiger partial charge in [0.1, 0.15) is 0 Å². The van der Waals surface area contributed by atoms with Crippen LogP contribution in [0.2, 0.25) is 0 Å². The number of nitrogens with zero attached hydrogens (tertiary/aromatic N) is 3. The third kappa shape index (κ3) is 6.44. The minimum absolute atomic E-state index is 0.0772. The van der Waals surface area contributed by atoms with Gasteiger partial charge < -0.3 is 19.4 Å². The van der Waals surface area contributed by atoms with E-state index >= 15 is 0 Å². The van der Waals surface area contributed by atoms with E-state index in [-0.39, 0.29) is 17.7 Å². The van der Waals surface area contributed by atoms with Gasteiger partial charge in [-0.25, -0.2) is 0 Å². The van der Waals surface area contributed by atoms with Gasteiger partial charge in [-0.3, -0.25) is 4.79 Å². The van der Waals surface area contributed by atoms with E-state index in [1.165, 1.54) is 12.1 Å². The molecule has 0 spiro atoms. The number of amides is 1. The number of carbonyl (C=O) groups excluding carboxylic acids is 1. The number of piperidine rings is 2. The first-order valence-electron chi connectivity index (χ1n) is 14.3. The Balaban J connectivity index is 1.20. The molecule has 5 rings (SSSR count). The van der Waals surface area contributed by atoms with Crippen LogP contribution in [0.25, 0.3) is 0 Å². The van der Waals surface area contributed by atoms with Crippen LogP contribution in [0.4, 0.5) is 18.9 Å². The molecule has 1 unspecified atom stereocenters. The molecule has 1 amide bonds. The first kappa shape index (κ1) is 26.8. The molecule has 5 nitrogen and oxygen atoms in total. The van der Waals surface area contributed by atoms with Crippen LogP contribution in [-0.4, -0.2) is 74.7 Å². The van der Waals surface area contributed by atoms with Crippen molar-refractivity contribution in [1.82, 2.24) is 9.80 Å². The third-order valence-corrected chi connectivity index (χ3v) is 9.21. The summed E-state index contributed by atoms with van der Waals surface area (Å²) < 4.78 is 46.1. The number of alkyl halides is 3. The van der Waals surface area contributed by atoms with Crippen molar-refractivity contribution in [3.8, 4) is 0 Å². The Kier molecular flexibility index (Phi) is 8.34. The van der Waals surface area contributed by atoms with Crippen molar-refractivity contribution in [2.24, 2.45) is 17.8 Å². The SMILES string of the molecule is CC1CCN(c2cc(C(F)(F)F)ccc2C2CCN(C(=O)C3CCN(CC4CCOCC4)C3)CC2)CC1. The van der Waals surface area contributed by atoms with Crippen LogP contribution in [0, 0.1) is 17.8 Å². The average molecular weight is 522 g/mol. The zero-order valence-electron chi connectivity index (χ0n) is 22.1. The smallest absolute Gasteiger partial charge is 0.381 e. The van der Waals surface area contributed by atoms with Crippen LogP contribution >= 0.6 is 0 Å². The van der Waals surface area contributed by atoms with E-state index < -0.39 is 11.7 Å². The molecule has 0 bridgehead atoms. The van der Waals surface area contributed by atoms with Gasteiger partial charge in [0.2, 0.25) is 5.91 Å². The molecule has 4 fully saturated rings. The summed E-state index contributed by atoms with van der Waals surface area (Å²) in [6.07, 6.45) is 2.46. The van der Waals surface area contributed by atoms with Gasteiger partial charge >= 0.3 is 6.18 Å². The minimum Gasteiger partial charge on any atom is -0.381 e. The molecule has 0 N–H and O–H groups in total. The fourth-order valence-electron chi connectivity index (χ4n) is 6.75. The fraction of sp³-hybridized carbons (Fsp3) is 0.759. The van der Waals surface area contributed by atoms with E-state index in [1.54, 1.807) is 6.07 Å². The van der Waals surface area contributed by atoms with Crippen molar-refractivity contribution in [1.29, 1.82) is 0 Å². The molecule has 8 heteroatoms. The third-order valence-electron chi connectivity index (χ3n) is 9.21. The molecule has 1 atom stereocenters. The number of likely N-dealkylation sites (tertiary alicyclic amines) is 2. The highest BCUT2D eigenvalue weighted by Gasteiger charge is 2.36. The van der Waals surface area contributed by atoms with E-state index in [1.807, 2.05) is 4.90 Å². The molecular formula is C29H42F3N3O2. The summed E-state index contributed by atoms with van der Waals surface area (Å²) in [5.74, 6) is 1.83. The maximum absolute atomic E-state index is 13.5. The average Bonchev–Trinajstić information content (AvgIpc) is 3.37. The second-order valence-corrected chi connectivity index (χ2v) is 11.8. The molecule has 4 aliphatic heterocycles. The Hall–Kier alpha value is -1.80. The number of hydrogen-bond donors (Lipinski definition) is 0. The molecule has 206 valence electrons. The lowest BCUT2D eigenvalue weighted by molar-refractivity contribution is -0.138. The Morgan fingerprint density at radius 2 is 1.65 bits per heavy atom. The van der Waals surface area contributed by atoms with Crippen LogP contribution in [0.5, 0.6) is 0 Å². The summed E-state index contributed by atoms with van der Waals surface area (Å²) >= 11 is 0. The Morgan fingerprint density at radius 3 is 2.32 bits per heavy atom. The standard InChI is InChI=1S/C29H42F3N3O2/c1-21-4-12-34(13-5-21)27-18-25(29(30,31)32)2-3-26(27)23-7-14-35(15-8-23)28(36)24-6-11-33(20-24)19-22-9-16-37-17-10-22/h2-3,18,21-24H,4-17,19-20H2,1H3. The predicted octanol–water partition coefficient (Wildman–Crippen LogP) is 5.40. The largest absolute Gasteiger partial charge is 0.416 e. The predicted molar refractivity (Wildman–Crippen MR) is 139 cm³/mol. The topological polar surface area (TPSA) is 36.0 Å². The number of ether oxygens (including phenoxy) is 1. The van der Waals surface area contributed by atoms with Gasteiger partial charge in [0.05, 0.1) is 11.5 Å². The maximum atomic E-state index is 13.5. The molecular weight excluding hydrogens is 479 g/mol. The lowest BCUT2D eigenvalue weighted by Crippen LogP contribution is -2.42. The van der Waals surface area contributed by atoms with E-state index in [2.05, 4.69) is 16.7 Å². The lowest BCUT2D eigenvalue weighted by Gasteiger charge is -2.38. The summed E-state index contributed by atoms with van der Waals surface area (Å²) in [4.78, 5) is 20.0. The van der Waals surface area contributed by atoms with Gasteiger partial charge in [-0.2, -0.15) is 13.2 Å². The zero-order chi connectivity index (χ0) is 26.0. The van der Waals surface area contributed by atoms with Crippen LogP contribution in [0.15, 0.2) is 18.2 Å². The molecule has 37 heavy (non-hydrogen) atoms. The second-order valence-electron chi connectivity index (χ2n) is 11.8. The number of rotatable bonds is 5. The highest BCUT2D eigenvalue weighted by molar-refractivity contribution is 5.79. The molecule has 0 aliphatic carbocycles. The summed E-state index contributed by atoms with van der Waals surface area (Å²) in [5.41, 5.74) is 1.22. The first-order valence-corrected chi connectivity index (χ1v) is 14.3. The Bertz CT molecular complexity index is 917. The van der Waals surface area contributed by atoms with Gasteiger partial charge in [-0.1, -0.05) is 13.0 Å². The zero-order valence-corrected chi connectivity index (χ0v) is 22.1. The van der Waals surface area contributed by atoms with E-state index in [4.69, 9.17) is 4.74 Å². The monoisotopic (exact) mass is 521 g/mol. The molecule has 4 heterocycles. The highest BCUT2D eigenvalue weighted by Crippen LogP contribution is 2.40. The quantitative estimate of drug-likeness (QED) is 0.520.